The molecule has 0 fully saturated rings. The molecule has 0 saturated carbocycles. The lowest BCUT2D eigenvalue weighted by atomic mass is 10.0. The second-order valence-corrected chi connectivity index (χ2v) is 3.81. The van der Waals surface area contributed by atoms with Crippen LogP contribution in [0, 0.1) is 6.92 Å². The standard InChI is InChI=1S/C12H16O3/c1-4-12(3,11(13)14)15-10-7-5-6-9(2)8-10/h5-8H,4H2,1-3H3,(H,13,14). The Bertz CT molecular complexity index is 360. The highest BCUT2D eigenvalue weighted by Gasteiger charge is 2.33. The van der Waals surface area contributed by atoms with Crippen molar-refractivity contribution in [1.29, 1.82) is 0 Å². The minimum atomic E-state index is -1.15. The molecule has 1 atom stereocenters. The van der Waals surface area contributed by atoms with Gasteiger partial charge in [0.05, 0.1) is 0 Å². The van der Waals surface area contributed by atoms with Crippen molar-refractivity contribution in [3.05, 3.63) is 29.8 Å². The number of carboxylic acids is 1. The van der Waals surface area contributed by atoms with E-state index >= 15 is 0 Å². The minimum absolute atomic E-state index is 0.427. The van der Waals surface area contributed by atoms with Gasteiger partial charge in [0.1, 0.15) is 5.75 Å². The summed E-state index contributed by atoms with van der Waals surface area (Å²) < 4.78 is 5.49. The number of aryl methyl sites for hydroxylation is 1. The summed E-state index contributed by atoms with van der Waals surface area (Å²) in [5, 5.41) is 9.04. The molecule has 0 aromatic heterocycles. The maximum absolute atomic E-state index is 11.0. The Hall–Kier alpha value is -1.51. The van der Waals surface area contributed by atoms with Crippen molar-refractivity contribution in [2.75, 3.05) is 0 Å². The van der Waals surface area contributed by atoms with Crippen LogP contribution in [0.3, 0.4) is 0 Å². The van der Waals surface area contributed by atoms with E-state index in [1.165, 1.54) is 0 Å². The van der Waals surface area contributed by atoms with Gasteiger partial charge < -0.3 is 9.84 Å². The topological polar surface area (TPSA) is 46.5 Å². The minimum Gasteiger partial charge on any atom is -0.478 e. The van der Waals surface area contributed by atoms with Crippen molar-refractivity contribution in [3.8, 4) is 5.75 Å². The Morgan fingerprint density at radius 1 is 1.53 bits per heavy atom. The molecule has 1 N–H and O–H groups in total. The molecule has 82 valence electrons. The zero-order valence-corrected chi connectivity index (χ0v) is 9.28. The van der Waals surface area contributed by atoms with Crippen LogP contribution in [0.5, 0.6) is 5.75 Å². The van der Waals surface area contributed by atoms with Crippen LogP contribution >= 0.6 is 0 Å². The maximum Gasteiger partial charge on any atom is 0.347 e. The van der Waals surface area contributed by atoms with Crippen LogP contribution in [0.4, 0.5) is 0 Å². The molecular weight excluding hydrogens is 192 g/mol. The first-order valence-corrected chi connectivity index (χ1v) is 4.97. The molecule has 0 amide bonds. The average molecular weight is 208 g/mol. The maximum atomic E-state index is 11.0. The second kappa shape index (κ2) is 4.34. The number of carboxylic acid groups (broad SMARTS) is 1. The van der Waals surface area contributed by atoms with Gasteiger partial charge in [0, 0.05) is 0 Å². The van der Waals surface area contributed by atoms with E-state index in [-0.39, 0.29) is 0 Å². The van der Waals surface area contributed by atoms with Gasteiger partial charge >= 0.3 is 5.97 Å². The summed E-state index contributed by atoms with van der Waals surface area (Å²) in [6.45, 7) is 5.32. The third-order valence-corrected chi connectivity index (χ3v) is 2.46. The molecule has 0 aliphatic heterocycles. The number of aliphatic carboxylic acids is 1. The van der Waals surface area contributed by atoms with Crippen molar-refractivity contribution >= 4 is 5.97 Å². The molecule has 0 aliphatic rings. The number of rotatable bonds is 4. The van der Waals surface area contributed by atoms with Crippen LogP contribution in [-0.2, 0) is 4.79 Å². The van der Waals surface area contributed by atoms with Gasteiger partial charge in [0.2, 0.25) is 5.60 Å². The van der Waals surface area contributed by atoms with E-state index < -0.39 is 11.6 Å². The summed E-state index contributed by atoms with van der Waals surface area (Å²) in [5.74, 6) is -0.340. The Morgan fingerprint density at radius 2 is 2.20 bits per heavy atom. The van der Waals surface area contributed by atoms with Gasteiger partial charge in [-0.25, -0.2) is 4.79 Å². The van der Waals surface area contributed by atoms with Crippen molar-refractivity contribution < 1.29 is 14.6 Å². The van der Waals surface area contributed by atoms with Gasteiger partial charge in [-0.3, -0.25) is 0 Å². The molecule has 1 aromatic carbocycles. The van der Waals surface area contributed by atoms with E-state index in [0.29, 0.717) is 12.2 Å². The first-order chi connectivity index (χ1) is 6.98. The molecule has 0 saturated heterocycles. The zero-order chi connectivity index (χ0) is 11.5. The van der Waals surface area contributed by atoms with Crippen LogP contribution in [0.15, 0.2) is 24.3 Å². The zero-order valence-electron chi connectivity index (χ0n) is 9.28. The van der Waals surface area contributed by atoms with Gasteiger partial charge in [-0.1, -0.05) is 19.1 Å². The Kier molecular flexibility index (Phi) is 3.35. The van der Waals surface area contributed by atoms with Crippen LogP contribution < -0.4 is 4.74 Å². The monoisotopic (exact) mass is 208 g/mol. The van der Waals surface area contributed by atoms with E-state index in [9.17, 15) is 4.79 Å². The second-order valence-electron chi connectivity index (χ2n) is 3.81. The third-order valence-electron chi connectivity index (χ3n) is 2.46. The molecule has 1 rings (SSSR count). The predicted octanol–water partition coefficient (Wildman–Crippen LogP) is 2.63. The highest BCUT2D eigenvalue weighted by Crippen LogP contribution is 2.22. The SMILES string of the molecule is CCC(C)(Oc1cccc(C)c1)C(=O)O. The fourth-order valence-corrected chi connectivity index (χ4v) is 1.21. The fourth-order valence-electron chi connectivity index (χ4n) is 1.21. The highest BCUT2D eigenvalue weighted by atomic mass is 16.5. The predicted molar refractivity (Wildman–Crippen MR) is 58.1 cm³/mol. The van der Waals surface area contributed by atoms with Gasteiger partial charge in [-0.15, -0.1) is 0 Å². The quantitative estimate of drug-likeness (QED) is 0.827. The number of hydrogen-bond acceptors (Lipinski definition) is 2. The van der Waals surface area contributed by atoms with E-state index in [0.717, 1.165) is 5.56 Å². The lowest BCUT2D eigenvalue weighted by Crippen LogP contribution is -2.40. The van der Waals surface area contributed by atoms with Crippen LogP contribution in [0.2, 0.25) is 0 Å². The fraction of sp³-hybridized carbons (Fsp3) is 0.417. The molecule has 1 aromatic rings. The molecule has 3 heteroatoms. The van der Waals surface area contributed by atoms with E-state index in [1.807, 2.05) is 25.1 Å². The van der Waals surface area contributed by atoms with Gasteiger partial charge in [0.15, 0.2) is 0 Å². The molecule has 0 heterocycles. The molecule has 1 unspecified atom stereocenters. The van der Waals surface area contributed by atoms with E-state index in [1.54, 1.807) is 19.9 Å². The summed E-state index contributed by atoms with van der Waals surface area (Å²) >= 11 is 0. The Balaban J connectivity index is 2.89. The van der Waals surface area contributed by atoms with E-state index in [4.69, 9.17) is 9.84 Å². The molecule has 3 nitrogen and oxygen atoms in total. The lowest BCUT2D eigenvalue weighted by Gasteiger charge is -2.24. The van der Waals surface area contributed by atoms with Crippen molar-refractivity contribution in [2.24, 2.45) is 0 Å². The molecule has 15 heavy (non-hydrogen) atoms. The molecule has 0 radical (unpaired) electrons. The van der Waals surface area contributed by atoms with Gasteiger partial charge in [0.25, 0.3) is 0 Å². The smallest absolute Gasteiger partial charge is 0.347 e. The third kappa shape index (κ3) is 2.72. The summed E-state index contributed by atoms with van der Waals surface area (Å²) in [4.78, 5) is 11.0. The first-order valence-electron chi connectivity index (χ1n) is 4.97. The van der Waals surface area contributed by atoms with Gasteiger partial charge in [-0.05, 0) is 38.0 Å². The summed E-state index contributed by atoms with van der Waals surface area (Å²) in [6.07, 6.45) is 0.427. The number of carbonyl (C=O) groups is 1. The largest absolute Gasteiger partial charge is 0.478 e. The normalized spacial score (nSPS) is 14.3. The first kappa shape index (κ1) is 11.6. The van der Waals surface area contributed by atoms with Crippen LogP contribution in [-0.4, -0.2) is 16.7 Å². The van der Waals surface area contributed by atoms with Crippen molar-refractivity contribution in [1.82, 2.24) is 0 Å². The van der Waals surface area contributed by atoms with E-state index in [2.05, 4.69) is 0 Å². The molecular formula is C12H16O3. The van der Waals surface area contributed by atoms with Crippen LogP contribution in [0.25, 0.3) is 0 Å². The Labute approximate surface area is 89.7 Å². The Morgan fingerprint density at radius 3 is 2.67 bits per heavy atom. The molecule has 0 bridgehead atoms. The van der Waals surface area contributed by atoms with Crippen LogP contribution in [0.1, 0.15) is 25.8 Å². The number of ether oxygens (including phenoxy) is 1. The summed E-state index contributed by atoms with van der Waals surface area (Å²) in [6, 6.07) is 7.39. The van der Waals surface area contributed by atoms with Gasteiger partial charge in [-0.2, -0.15) is 0 Å². The lowest BCUT2D eigenvalue weighted by molar-refractivity contribution is -0.154. The summed E-state index contributed by atoms with van der Waals surface area (Å²) in [5.41, 5.74) is -0.0929. The average Bonchev–Trinajstić information content (AvgIpc) is 2.17. The number of hydrogen-bond donors (Lipinski definition) is 1. The van der Waals surface area contributed by atoms with Crippen molar-refractivity contribution in [2.45, 2.75) is 32.8 Å². The summed E-state index contributed by atoms with van der Waals surface area (Å²) in [7, 11) is 0. The molecule has 0 aliphatic carbocycles. The van der Waals surface area contributed by atoms with Crippen molar-refractivity contribution in [3.63, 3.8) is 0 Å². The highest BCUT2D eigenvalue weighted by molar-refractivity contribution is 5.77. The molecule has 0 spiro atoms. The number of benzene rings is 1.